The van der Waals surface area contributed by atoms with Gasteiger partial charge in [-0.05, 0) is 12.1 Å². The molecule has 0 spiro atoms. The average molecular weight is 317 g/mol. The van der Waals surface area contributed by atoms with Crippen molar-refractivity contribution in [2.45, 2.75) is 116 Å². The number of unbranched alkanes of at least 4 members (excludes halogenated alkanes) is 12. The molecule has 0 aromatic heterocycles. The molecule has 0 unspecified atom stereocenters. The molecule has 21 heavy (non-hydrogen) atoms. The van der Waals surface area contributed by atoms with Crippen LogP contribution in [0, 0.1) is 0 Å². The van der Waals surface area contributed by atoms with Crippen LogP contribution in [0.25, 0.3) is 0 Å². The topological polar surface area (TPSA) is 40.5 Å². The third-order valence-corrected chi connectivity index (χ3v) is 6.67. The van der Waals surface area contributed by atoms with Gasteiger partial charge in [0.1, 0.15) is 0 Å². The Balaban J connectivity index is 3.35. The third kappa shape index (κ3) is 16.3. The highest BCUT2D eigenvalue weighted by Crippen LogP contribution is 2.19. The van der Waals surface area contributed by atoms with Crippen LogP contribution < -0.4 is 0 Å². The summed E-state index contributed by atoms with van der Waals surface area (Å²) in [7, 11) is -2.85. The van der Waals surface area contributed by atoms with Gasteiger partial charge in [-0.15, -0.1) is 0 Å². The molecule has 0 rings (SSSR count). The number of hydrogen-bond donors (Lipinski definition) is 2. The normalized spacial score (nSPS) is 12.0. The Morgan fingerprint density at radius 1 is 0.476 bits per heavy atom. The Morgan fingerprint density at radius 2 is 0.762 bits per heavy atom. The van der Waals surface area contributed by atoms with Gasteiger partial charge in [-0.2, -0.15) is 0 Å². The fraction of sp³-hybridized carbons (Fsp3) is 1.00. The van der Waals surface area contributed by atoms with Crippen molar-refractivity contribution in [1.82, 2.24) is 0 Å². The summed E-state index contributed by atoms with van der Waals surface area (Å²) in [5.74, 6) is 0. The van der Waals surface area contributed by atoms with Crippen molar-refractivity contribution in [3.05, 3.63) is 0 Å². The van der Waals surface area contributed by atoms with E-state index >= 15 is 0 Å². The molecular formula is C18H40O2Si. The Labute approximate surface area is 134 Å². The molecule has 0 heterocycles. The Morgan fingerprint density at radius 3 is 1.10 bits per heavy atom. The first-order chi connectivity index (χ1) is 10.1. The molecule has 0 aliphatic heterocycles. The van der Waals surface area contributed by atoms with E-state index < -0.39 is 8.56 Å². The number of rotatable bonds is 16. The highest BCUT2D eigenvalue weighted by atomic mass is 28.4. The maximum atomic E-state index is 10.1. The largest absolute Gasteiger partial charge is 0.411 e. The van der Waals surface area contributed by atoms with Crippen LogP contribution in [-0.4, -0.2) is 18.2 Å². The smallest absolute Gasteiger partial charge is 0.332 e. The molecule has 0 fully saturated rings. The first-order valence-electron chi connectivity index (χ1n) is 9.57. The third-order valence-electron chi connectivity index (χ3n) is 4.36. The van der Waals surface area contributed by atoms with E-state index in [0.717, 1.165) is 12.8 Å². The zero-order chi connectivity index (χ0) is 15.8. The van der Waals surface area contributed by atoms with Crippen LogP contribution in [0.1, 0.15) is 104 Å². The van der Waals surface area contributed by atoms with E-state index in [4.69, 9.17) is 0 Å². The monoisotopic (exact) mass is 316 g/mol. The lowest BCUT2D eigenvalue weighted by Gasteiger charge is -2.17. The summed E-state index contributed by atoms with van der Waals surface area (Å²) in [6, 6.07) is 1.38. The van der Waals surface area contributed by atoms with Crippen LogP contribution >= 0.6 is 0 Å². The minimum absolute atomic E-state index is 0.691. The van der Waals surface area contributed by atoms with Gasteiger partial charge in [0.2, 0.25) is 0 Å². The fourth-order valence-corrected chi connectivity index (χ4v) is 4.74. The van der Waals surface area contributed by atoms with Gasteiger partial charge in [0.05, 0.1) is 0 Å². The van der Waals surface area contributed by atoms with E-state index in [2.05, 4.69) is 13.8 Å². The second-order valence-electron chi connectivity index (χ2n) is 6.73. The maximum absolute atomic E-state index is 10.1. The first kappa shape index (κ1) is 21.1. The van der Waals surface area contributed by atoms with Crippen LogP contribution in [0.2, 0.25) is 12.1 Å². The SMILES string of the molecule is CCCCCCCCC[Si](O)(O)CCCCCCCCC. The summed E-state index contributed by atoms with van der Waals surface area (Å²) in [5, 5.41) is 0. The van der Waals surface area contributed by atoms with E-state index in [1.807, 2.05) is 0 Å². The van der Waals surface area contributed by atoms with Crippen molar-refractivity contribution in [2.24, 2.45) is 0 Å². The van der Waals surface area contributed by atoms with Crippen LogP contribution in [-0.2, 0) is 0 Å². The highest BCUT2D eigenvalue weighted by Gasteiger charge is 2.27. The number of hydrogen-bond acceptors (Lipinski definition) is 2. The van der Waals surface area contributed by atoms with Crippen LogP contribution in [0.4, 0.5) is 0 Å². The molecule has 0 bridgehead atoms. The predicted molar refractivity (Wildman–Crippen MR) is 95.8 cm³/mol. The van der Waals surface area contributed by atoms with Crippen LogP contribution in [0.5, 0.6) is 0 Å². The predicted octanol–water partition coefficient (Wildman–Crippen LogP) is 5.91. The maximum Gasteiger partial charge on any atom is 0.332 e. The zero-order valence-electron chi connectivity index (χ0n) is 14.7. The lowest BCUT2D eigenvalue weighted by Crippen LogP contribution is -2.33. The molecule has 0 aliphatic rings. The average Bonchev–Trinajstić information content (AvgIpc) is 2.45. The van der Waals surface area contributed by atoms with Crippen molar-refractivity contribution in [2.75, 3.05) is 0 Å². The Kier molecular flexibility index (Phi) is 15.1. The molecule has 0 aliphatic carbocycles. The molecule has 0 aromatic rings. The van der Waals surface area contributed by atoms with Crippen molar-refractivity contribution in [3.63, 3.8) is 0 Å². The molecule has 0 radical (unpaired) electrons. The van der Waals surface area contributed by atoms with Crippen molar-refractivity contribution in [1.29, 1.82) is 0 Å². The molecule has 0 aromatic carbocycles. The molecule has 0 saturated carbocycles. The zero-order valence-corrected chi connectivity index (χ0v) is 15.7. The van der Waals surface area contributed by atoms with E-state index in [9.17, 15) is 9.59 Å². The van der Waals surface area contributed by atoms with Gasteiger partial charge >= 0.3 is 8.56 Å². The van der Waals surface area contributed by atoms with Gasteiger partial charge in [0.15, 0.2) is 0 Å². The molecule has 3 heteroatoms. The van der Waals surface area contributed by atoms with Gasteiger partial charge in [0.25, 0.3) is 0 Å². The second kappa shape index (κ2) is 15.0. The molecule has 0 amide bonds. The van der Waals surface area contributed by atoms with Gasteiger partial charge < -0.3 is 9.59 Å². The fourth-order valence-electron chi connectivity index (χ4n) is 2.86. The standard InChI is InChI=1S/C18H40O2Si/c1-3-5-7-9-11-13-15-17-21(19,20)18-16-14-12-10-8-6-4-2/h19-20H,3-18H2,1-2H3. The molecule has 0 saturated heterocycles. The first-order valence-corrected chi connectivity index (χ1v) is 11.9. The lowest BCUT2D eigenvalue weighted by atomic mass is 10.1. The van der Waals surface area contributed by atoms with Crippen molar-refractivity contribution >= 4 is 8.56 Å². The summed E-state index contributed by atoms with van der Waals surface area (Å²) >= 11 is 0. The van der Waals surface area contributed by atoms with E-state index in [-0.39, 0.29) is 0 Å². The molecular weight excluding hydrogens is 276 g/mol. The lowest BCUT2D eigenvalue weighted by molar-refractivity contribution is 0.350. The van der Waals surface area contributed by atoms with Crippen molar-refractivity contribution in [3.8, 4) is 0 Å². The Bertz CT molecular complexity index is 187. The van der Waals surface area contributed by atoms with Crippen LogP contribution in [0.15, 0.2) is 0 Å². The van der Waals surface area contributed by atoms with E-state index in [0.29, 0.717) is 12.1 Å². The molecule has 2 nitrogen and oxygen atoms in total. The molecule has 128 valence electrons. The second-order valence-corrected chi connectivity index (χ2v) is 9.69. The summed E-state index contributed by atoms with van der Waals surface area (Å²) in [4.78, 5) is 20.2. The highest BCUT2D eigenvalue weighted by molar-refractivity contribution is 6.64. The Hall–Kier alpha value is 0.137. The molecule has 0 atom stereocenters. The van der Waals surface area contributed by atoms with E-state index in [1.165, 1.54) is 77.0 Å². The summed E-state index contributed by atoms with van der Waals surface area (Å²) in [5.41, 5.74) is 0. The summed E-state index contributed by atoms with van der Waals surface area (Å²) in [6.45, 7) is 4.47. The van der Waals surface area contributed by atoms with E-state index in [1.54, 1.807) is 0 Å². The minimum atomic E-state index is -2.85. The van der Waals surface area contributed by atoms with Gasteiger partial charge in [-0.25, -0.2) is 0 Å². The van der Waals surface area contributed by atoms with Crippen LogP contribution in [0.3, 0.4) is 0 Å². The van der Waals surface area contributed by atoms with Gasteiger partial charge in [-0.3, -0.25) is 0 Å². The molecule has 2 N–H and O–H groups in total. The quantitative estimate of drug-likeness (QED) is 0.274. The van der Waals surface area contributed by atoms with Gasteiger partial charge in [0, 0.05) is 0 Å². The summed E-state index contributed by atoms with van der Waals surface area (Å²) < 4.78 is 0. The minimum Gasteiger partial charge on any atom is -0.411 e. The summed E-state index contributed by atoms with van der Waals surface area (Å²) in [6.07, 6.45) is 17.5. The van der Waals surface area contributed by atoms with Crippen molar-refractivity contribution < 1.29 is 9.59 Å². The van der Waals surface area contributed by atoms with Gasteiger partial charge in [-0.1, -0.05) is 104 Å².